The highest BCUT2D eigenvalue weighted by molar-refractivity contribution is 6.34. The van der Waals surface area contributed by atoms with Crippen LogP contribution in [0.1, 0.15) is 28.8 Å². The van der Waals surface area contributed by atoms with Crippen LogP contribution in [0.3, 0.4) is 0 Å². The van der Waals surface area contributed by atoms with Crippen molar-refractivity contribution >= 4 is 29.1 Å². The van der Waals surface area contributed by atoms with Gasteiger partial charge in [-0.15, -0.1) is 10.2 Å². The van der Waals surface area contributed by atoms with Crippen molar-refractivity contribution in [2.45, 2.75) is 19.8 Å². The molecule has 36 heavy (non-hydrogen) atoms. The molecule has 1 aliphatic heterocycles. The number of hydrogen-bond donors (Lipinski definition) is 2. The average Bonchev–Trinajstić information content (AvgIpc) is 3.45. The molecule has 9 heteroatoms. The summed E-state index contributed by atoms with van der Waals surface area (Å²) in [6, 6.07) is 20.9. The molecule has 0 unspecified atom stereocenters. The molecule has 1 aliphatic rings. The van der Waals surface area contributed by atoms with E-state index in [1.54, 1.807) is 11.0 Å². The molecule has 8 nitrogen and oxygen atoms in total. The van der Waals surface area contributed by atoms with Crippen LogP contribution in [0.25, 0.3) is 22.5 Å². The SMILES string of the molecule is Cc1ccccc1-c1ccc(Cl)c(C(=O)N2CCC(C(=O)Nc3cccc(-c4nn[nH]n4)c3)CC2)c1. The fraction of sp³-hybridized carbons (Fsp3) is 0.222. The first-order valence-electron chi connectivity index (χ1n) is 11.8. The highest BCUT2D eigenvalue weighted by atomic mass is 35.5. The lowest BCUT2D eigenvalue weighted by Crippen LogP contribution is -2.41. The number of piperidine rings is 1. The van der Waals surface area contributed by atoms with E-state index in [4.69, 9.17) is 11.6 Å². The van der Waals surface area contributed by atoms with E-state index in [-0.39, 0.29) is 17.7 Å². The van der Waals surface area contributed by atoms with Gasteiger partial charge < -0.3 is 10.2 Å². The van der Waals surface area contributed by atoms with Crippen molar-refractivity contribution in [1.82, 2.24) is 25.5 Å². The number of benzene rings is 3. The Morgan fingerprint density at radius 2 is 1.81 bits per heavy atom. The number of anilines is 1. The van der Waals surface area contributed by atoms with Gasteiger partial charge in [0.1, 0.15) is 0 Å². The molecule has 4 aromatic rings. The summed E-state index contributed by atoms with van der Waals surface area (Å²) in [4.78, 5) is 28.0. The van der Waals surface area contributed by atoms with E-state index in [1.807, 2.05) is 67.6 Å². The normalized spacial score (nSPS) is 14.0. The highest BCUT2D eigenvalue weighted by Crippen LogP contribution is 2.30. The number of carbonyl (C=O) groups excluding carboxylic acids is 2. The van der Waals surface area contributed by atoms with Crippen molar-refractivity contribution < 1.29 is 9.59 Å². The third kappa shape index (κ3) is 4.99. The molecule has 5 rings (SSSR count). The highest BCUT2D eigenvalue weighted by Gasteiger charge is 2.29. The van der Waals surface area contributed by atoms with E-state index in [2.05, 4.69) is 25.9 Å². The van der Waals surface area contributed by atoms with Gasteiger partial charge >= 0.3 is 0 Å². The van der Waals surface area contributed by atoms with Crippen molar-refractivity contribution in [3.05, 3.63) is 82.9 Å². The number of amides is 2. The van der Waals surface area contributed by atoms with E-state index in [1.165, 1.54) is 0 Å². The molecule has 2 heterocycles. The van der Waals surface area contributed by atoms with Crippen LogP contribution in [0.4, 0.5) is 5.69 Å². The van der Waals surface area contributed by atoms with Crippen molar-refractivity contribution in [1.29, 1.82) is 0 Å². The molecule has 2 N–H and O–H groups in total. The number of aromatic nitrogens is 4. The molecule has 0 radical (unpaired) electrons. The second kappa shape index (κ2) is 10.3. The molecule has 0 spiro atoms. The molecule has 2 amide bonds. The van der Waals surface area contributed by atoms with Crippen LogP contribution >= 0.6 is 11.6 Å². The lowest BCUT2D eigenvalue weighted by molar-refractivity contribution is -0.121. The molecule has 1 fully saturated rings. The number of likely N-dealkylation sites (tertiary alicyclic amines) is 1. The first-order chi connectivity index (χ1) is 17.5. The summed E-state index contributed by atoms with van der Waals surface area (Å²) in [7, 11) is 0. The van der Waals surface area contributed by atoms with Gasteiger partial charge in [-0.3, -0.25) is 9.59 Å². The number of halogens is 1. The van der Waals surface area contributed by atoms with Gasteiger partial charge in [-0.25, -0.2) is 0 Å². The molecule has 3 aromatic carbocycles. The van der Waals surface area contributed by atoms with E-state index in [0.29, 0.717) is 48.0 Å². The van der Waals surface area contributed by atoms with Crippen molar-refractivity contribution in [2.24, 2.45) is 5.92 Å². The van der Waals surface area contributed by atoms with Crippen LogP contribution in [0.5, 0.6) is 0 Å². The Kier molecular flexibility index (Phi) is 6.77. The first-order valence-corrected chi connectivity index (χ1v) is 12.2. The van der Waals surface area contributed by atoms with Crippen LogP contribution in [-0.4, -0.2) is 50.4 Å². The Morgan fingerprint density at radius 1 is 1.00 bits per heavy atom. The summed E-state index contributed by atoms with van der Waals surface area (Å²) in [6.45, 7) is 3.03. The van der Waals surface area contributed by atoms with E-state index in [0.717, 1.165) is 22.3 Å². The topological polar surface area (TPSA) is 104 Å². The van der Waals surface area contributed by atoms with Gasteiger partial charge in [0, 0.05) is 30.3 Å². The van der Waals surface area contributed by atoms with Crippen LogP contribution in [-0.2, 0) is 4.79 Å². The maximum atomic E-state index is 13.3. The van der Waals surface area contributed by atoms with Crippen LogP contribution in [0, 0.1) is 12.8 Å². The fourth-order valence-corrected chi connectivity index (χ4v) is 4.73. The second-order valence-electron chi connectivity index (χ2n) is 8.88. The zero-order valence-electron chi connectivity index (χ0n) is 19.7. The smallest absolute Gasteiger partial charge is 0.255 e. The maximum absolute atomic E-state index is 13.3. The van der Waals surface area contributed by atoms with Gasteiger partial charge in [-0.1, -0.05) is 54.1 Å². The minimum absolute atomic E-state index is 0.0630. The summed E-state index contributed by atoms with van der Waals surface area (Å²) in [6.07, 6.45) is 1.16. The number of aromatic amines is 1. The lowest BCUT2D eigenvalue weighted by Gasteiger charge is -2.31. The zero-order chi connectivity index (χ0) is 25.1. The van der Waals surface area contributed by atoms with E-state index < -0.39 is 0 Å². The average molecular weight is 501 g/mol. The van der Waals surface area contributed by atoms with Crippen LogP contribution in [0.2, 0.25) is 5.02 Å². The number of tetrazole rings is 1. The molecule has 1 aromatic heterocycles. The number of aryl methyl sites for hydroxylation is 1. The summed E-state index contributed by atoms with van der Waals surface area (Å²) in [5, 5.41) is 17.3. The number of rotatable bonds is 5. The Hall–Kier alpha value is -4.04. The molecule has 182 valence electrons. The molecular weight excluding hydrogens is 476 g/mol. The predicted octanol–water partition coefficient (Wildman–Crippen LogP) is 4.99. The minimum Gasteiger partial charge on any atom is -0.339 e. The molecule has 0 aliphatic carbocycles. The van der Waals surface area contributed by atoms with Crippen molar-refractivity contribution in [3.8, 4) is 22.5 Å². The summed E-state index contributed by atoms with van der Waals surface area (Å²) in [5.41, 5.74) is 5.07. The molecular formula is C27H25ClN6O2. The number of carbonyl (C=O) groups is 2. The largest absolute Gasteiger partial charge is 0.339 e. The van der Waals surface area contributed by atoms with Crippen molar-refractivity contribution in [3.63, 3.8) is 0 Å². The van der Waals surface area contributed by atoms with Crippen molar-refractivity contribution in [2.75, 3.05) is 18.4 Å². The molecule has 1 saturated heterocycles. The predicted molar refractivity (Wildman–Crippen MR) is 138 cm³/mol. The molecule has 0 atom stereocenters. The summed E-state index contributed by atoms with van der Waals surface area (Å²) in [5.74, 6) is 0.105. The minimum atomic E-state index is -0.184. The number of H-pyrrole nitrogens is 1. The zero-order valence-corrected chi connectivity index (χ0v) is 20.5. The molecule has 0 saturated carbocycles. The van der Waals surface area contributed by atoms with E-state index >= 15 is 0 Å². The number of nitrogens with one attached hydrogen (secondary N) is 2. The van der Waals surface area contributed by atoms with Crippen LogP contribution in [0.15, 0.2) is 66.7 Å². The van der Waals surface area contributed by atoms with Gasteiger partial charge in [0.25, 0.3) is 5.91 Å². The Morgan fingerprint density at radius 3 is 2.56 bits per heavy atom. The monoisotopic (exact) mass is 500 g/mol. The third-order valence-corrected chi connectivity index (χ3v) is 6.87. The lowest BCUT2D eigenvalue weighted by atomic mass is 9.94. The molecule has 0 bridgehead atoms. The quantitative estimate of drug-likeness (QED) is 0.402. The fourth-order valence-electron chi connectivity index (χ4n) is 4.53. The number of hydrogen-bond acceptors (Lipinski definition) is 5. The second-order valence-corrected chi connectivity index (χ2v) is 9.29. The third-order valence-electron chi connectivity index (χ3n) is 6.54. The Bertz CT molecular complexity index is 1400. The number of nitrogens with zero attached hydrogens (tertiary/aromatic N) is 4. The summed E-state index contributed by atoms with van der Waals surface area (Å²) >= 11 is 6.43. The Balaban J connectivity index is 1.23. The van der Waals surface area contributed by atoms with Gasteiger partial charge in [-0.2, -0.15) is 5.21 Å². The van der Waals surface area contributed by atoms with Gasteiger partial charge in [-0.05, 0) is 65.9 Å². The van der Waals surface area contributed by atoms with Gasteiger partial charge in [0.15, 0.2) is 0 Å². The van der Waals surface area contributed by atoms with Gasteiger partial charge in [0.05, 0.1) is 10.6 Å². The first kappa shape index (κ1) is 23.7. The Labute approximate surface area is 213 Å². The maximum Gasteiger partial charge on any atom is 0.255 e. The standard InChI is InChI=1S/C27H25ClN6O2/c1-17-5-2-3-8-22(17)19-9-10-24(28)23(16-19)27(36)34-13-11-18(12-14-34)26(35)29-21-7-4-6-20(15-21)25-30-32-33-31-25/h2-10,15-16,18H,11-14H2,1H3,(H,29,35)(H,30,31,32,33). The van der Waals surface area contributed by atoms with Crippen LogP contribution < -0.4 is 5.32 Å². The van der Waals surface area contributed by atoms with E-state index in [9.17, 15) is 9.59 Å². The van der Waals surface area contributed by atoms with Gasteiger partial charge in [0.2, 0.25) is 11.7 Å². The summed E-state index contributed by atoms with van der Waals surface area (Å²) < 4.78 is 0.